The van der Waals surface area contributed by atoms with E-state index in [0.29, 0.717) is 13.6 Å². The number of rotatable bonds is 0. The highest BCUT2D eigenvalue weighted by Gasteiger charge is 1.94. The molecular weight excluding hydrogens is 176 g/mol. The Labute approximate surface area is 78.2 Å². The fourth-order valence-corrected chi connectivity index (χ4v) is 0.880. The summed E-state index contributed by atoms with van der Waals surface area (Å²) in [6.07, 6.45) is 2.11. The van der Waals surface area contributed by atoms with E-state index in [1.807, 2.05) is 0 Å². The summed E-state index contributed by atoms with van der Waals surface area (Å²) in [6.45, 7) is 4.50. The minimum atomic E-state index is 0. The lowest BCUT2D eigenvalue weighted by atomic mass is 10.5. The lowest BCUT2D eigenvalue weighted by Gasteiger charge is -2.09. The molecule has 0 aliphatic carbocycles. The molecule has 2 N–H and O–H groups in total. The Bertz CT molecular complexity index is 55.5. The lowest BCUT2D eigenvalue weighted by Crippen LogP contribution is -2.11. The molecule has 0 aromatic carbocycles. The smallest absolute Gasteiger partial charge is 0.146 e. The van der Waals surface area contributed by atoms with Crippen molar-refractivity contribution in [3.63, 3.8) is 0 Å². The Kier molecular flexibility index (Phi) is 9.73. The van der Waals surface area contributed by atoms with Crippen LogP contribution in [0.25, 0.3) is 0 Å². The van der Waals surface area contributed by atoms with E-state index < -0.39 is 0 Å². The summed E-state index contributed by atoms with van der Waals surface area (Å²) < 4.78 is 19.4. The minimum Gasteiger partial charge on any atom is -0.412 e. The molecule has 0 aromatic heterocycles. The van der Waals surface area contributed by atoms with Gasteiger partial charge in [-0.15, -0.1) is 0 Å². The summed E-state index contributed by atoms with van der Waals surface area (Å²) in [4.78, 5) is 0. The maximum absolute atomic E-state index is 4.85. The van der Waals surface area contributed by atoms with Crippen LogP contribution in [0, 0.1) is 0 Å². The summed E-state index contributed by atoms with van der Waals surface area (Å²) in [5.41, 5.74) is 0. The van der Waals surface area contributed by atoms with Crippen molar-refractivity contribution in [2.45, 2.75) is 12.8 Å². The number of hydrogen-bond acceptors (Lipinski definition) is 4. The molecule has 0 spiro atoms. The van der Waals surface area contributed by atoms with Crippen molar-refractivity contribution in [3.05, 3.63) is 0 Å². The molecule has 2 saturated heterocycles. The van der Waals surface area contributed by atoms with Gasteiger partial charge in [0.1, 0.15) is 13.6 Å². The van der Waals surface area contributed by atoms with Crippen LogP contribution in [0.3, 0.4) is 0 Å². The molecule has 0 atom stereocenters. The average molecular weight is 194 g/mol. The van der Waals surface area contributed by atoms with Gasteiger partial charge in [-0.3, -0.25) is 0 Å². The molecule has 2 aliphatic rings. The molecular formula is C8H18O5. The molecule has 0 radical (unpaired) electrons. The van der Waals surface area contributed by atoms with Crippen molar-refractivity contribution in [2.24, 2.45) is 0 Å². The zero-order valence-electron chi connectivity index (χ0n) is 7.79. The standard InChI is InChI=1S/2C4H8O2.H2O/c2*1-2-5-4-6-3-1;/h2*1-4H2;1H2. The Morgan fingerprint density at radius 2 is 0.846 bits per heavy atom. The highest BCUT2D eigenvalue weighted by molar-refractivity contribution is 4.35. The molecule has 0 aromatic rings. The first-order valence-corrected chi connectivity index (χ1v) is 4.31. The van der Waals surface area contributed by atoms with E-state index in [4.69, 9.17) is 18.9 Å². The molecule has 5 heteroatoms. The van der Waals surface area contributed by atoms with Crippen LogP contribution in [0.1, 0.15) is 12.8 Å². The summed E-state index contributed by atoms with van der Waals surface area (Å²) >= 11 is 0. The van der Waals surface area contributed by atoms with Crippen molar-refractivity contribution in [3.8, 4) is 0 Å². The van der Waals surface area contributed by atoms with E-state index in [1.165, 1.54) is 0 Å². The summed E-state index contributed by atoms with van der Waals surface area (Å²) in [5, 5.41) is 0. The van der Waals surface area contributed by atoms with Crippen LogP contribution < -0.4 is 0 Å². The van der Waals surface area contributed by atoms with Crippen LogP contribution >= 0.6 is 0 Å². The Balaban J connectivity index is 0.000000206. The van der Waals surface area contributed by atoms with Gasteiger partial charge in [0.15, 0.2) is 0 Å². The third-order valence-corrected chi connectivity index (χ3v) is 1.49. The molecule has 5 nitrogen and oxygen atoms in total. The van der Waals surface area contributed by atoms with E-state index in [9.17, 15) is 0 Å². The van der Waals surface area contributed by atoms with E-state index in [0.717, 1.165) is 39.3 Å². The average Bonchev–Trinajstić information content (AvgIpc) is 2.24. The van der Waals surface area contributed by atoms with E-state index in [1.54, 1.807) is 0 Å². The van der Waals surface area contributed by atoms with Crippen LogP contribution in [0.5, 0.6) is 0 Å². The normalized spacial score (nSPS) is 22.2. The third-order valence-electron chi connectivity index (χ3n) is 1.49. The molecule has 80 valence electrons. The van der Waals surface area contributed by atoms with Gasteiger partial charge in [0.05, 0.1) is 26.4 Å². The van der Waals surface area contributed by atoms with Gasteiger partial charge in [-0.25, -0.2) is 0 Å². The lowest BCUT2D eigenvalue weighted by molar-refractivity contribution is -0.0965. The van der Waals surface area contributed by atoms with Gasteiger partial charge in [0.25, 0.3) is 0 Å². The van der Waals surface area contributed by atoms with Crippen LogP contribution in [0.4, 0.5) is 0 Å². The van der Waals surface area contributed by atoms with Crippen molar-refractivity contribution >= 4 is 0 Å². The van der Waals surface area contributed by atoms with Gasteiger partial charge in [-0.2, -0.15) is 0 Å². The summed E-state index contributed by atoms with van der Waals surface area (Å²) in [6, 6.07) is 0. The van der Waals surface area contributed by atoms with E-state index in [2.05, 4.69) is 0 Å². The van der Waals surface area contributed by atoms with Gasteiger partial charge in [0, 0.05) is 0 Å². The Hall–Kier alpha value is -0.200. The molecule has 2 heterocycles. The van der Waals surface area contributed by atoms with Gasteiger partial charge in [-0.1, -0.05) is 0 Å². The first-order valence-electron chi connectivity index (χ1n) is 4.31. The predicted molar refractivity (Wildman–Crippen MR) is 46.4 cm³/mol. The minimum absolute atomic E-state index is 0. The van der Waals surface area contributed by atoms with Crippen LogP contribution in [-0.2, 0) is 18.9 Å². The SMILES string of the molecule is C1COCOC1.C1COCOC1.O. The first-order chi connectivity index (χ1) is 6.00. The number of ether oxygens (including phenoxy) is 4. The van der Waals surface area contributed by atoms with E-state index in [-0.39, 0.29) is 5.48 Å². The van der Waals surface area contributed by atoms with Crippen molar-refractivity contribution in [2.75, 3.05) is 40.0 Å². The van der Waals surface area contributed by atoms with E-state index >= 15 is 0 Å². The molecule has 13 heavy (non-hydrogen) atoms. The summed E-state index contributed by atoms with van der Waals surface area (Å²) in [5.74, 6) is 0. The number of hydrogen-bond donors (Lipinski definition) is 0. The molecule has 2 aliphatic heterocycles. The van der Waals surface area contributed by atoms with Crippen LogP contribution in [0.2, 0.25) is 0 Å². The monoisotopic (exact) mass is 194 g/mol. The largest absolute Gasteiger partial charge is 0.412 e. The second kappa shape index (κ2) is 9.88. The second-order valence-electron chi connectivity index (χ2n) is 2.58. The Morgan fingerprint density at radius 3 is 0.923 bits per heavy atom. The zero-order chi connectivity index (χ0) is 8.49. The van der Waals surface area contributed by atoms with Crippen molar-refractivity contribution in [1.82, 2.24) is 0 Å². The third kappa shape index (κ3) is 8.14. The van der Waals surface area contributed by atoms with Gasteiger partial charge in [0.2, 0.25) is 0 Å². The molecule has 0 amide bonds. The molecule has 0 saturated carbocycles. The fraction of sp³-hybridized carbons (Fsp3) is 1.00. The Morgan fingerprint density at radius 1 is 0.538 bits per heavy atom. The second-order valence-corrected chi connectivity index (χ2v) is 2.58. The fourth-order valence-electron chi connectivity index (χ4n) is 0.880. The van der Waals surface area contributed by atoms with Crippen molar-refractivity contribution in [1.29, 1.82) is 0 Å². The van der Waals surface area contributed by atoms with Gasteiger partial charge < -0.3 is 24.4 Å². The topological polar surface area (TPSA) is 68.4 Å². The van der Waals surface area contributed by atoms with Gasteiger partial charge in [-0.05, 0) is 12.8 Å². The van der Waals surface area contributed by atoms with Crippen molar-refractivity contribution < 1.29 is 24.4 Å². The quantitative estimate of drug-likeness (QED) is 0.541. The molecule has 2 fully saturated rings. The van der Waals surface area contributed by atoms with Gasteiger partial charge >= 0.3 is 0 Å². The highest BCUT2D eigenvalue weighted by Crippen LogP contribution is 1.91. The summed E-state index contributed by atoms with van der Waals surface area (Å²) in [7, 11) is 0. The molecule has 0 unspecified atom stereocenters. The maximum Gasteiger partial charge on any atom is 0.146 e. The maximum atomic E-state index is 4.85. The van der Waals surface area contributed by atoms with Crippen LogP contribution in [0.15, 0.2) is 0 Å². The first kappa shape index (κ1) is 12.8. The predicted octanol–water partition coefficient (Wildman–Crippen LogP) is -0.0631. The molecule has 0 bridgehead atoms. The van der Waals surface area contributed by atoms with Crippen LogP contribution in [-0.4, -0.2) is 45.5 Å². The molecule has 2 rings (SSSR count). The highest BCUT2D eigenvalue weighted by atomic mass is 16.7. The zero-order valence-corrected chi connectivity index (χ0v) is 7.79.